The monoisotopic (exact) mass is 423 g/mol. The number of hydrogen-bond acceptors (Lipinski definition) is 5. The molecule has 0 unspecified atom stereocenters. The number of piperidine rings is 1. The first-order valence-electron chi connectivity index (χ1n) is 10.9. The predicted molar refractivity (Wildman–Crippen MR) is 121 cm³/mol. The van der Waals surface area contributed by atoms with Gasteiger partial charge >= 0.3 is 0 Å². The molecule has 1 aliphatic rings. The Morgan fingerprint density at radius 3 is 2.65 bits per heavy atom. The summed E-state index contributed by atoms with van der Waals surface area (Å²) in [6, 6.07) is 10.1. The minimum Gasteiger partial charge on any atom is -0.355 e. The summed E-state index contributed by atoms with van der Waals surface area (Å²) in [7, 11) is 1.60. The van der Waals surface area contributed by atoms with Crippen molar-refractivity contribution < 1.29 is 9.59 Å². The lowest BCUT2D eigenvalue weighted by Gasteiger charge is -2.36. The van der Waals surface area contributed by atoms with Gasteiger partial charge in [0.05, 0.1) is 23.8 Å². The smallest absolute Gasteiger partial charge is 0.254 e. The van der Waals surface area contributed by atoms with Crippen LogP contribution in [0.5, 0.6) is 0 Å². The van der Waals surface area contributed by atoms with E-state index in [1.54, 1.807) is 13.2 Å². The number of amides is 2. The van der Waals surface area contributed by atoms with Gasteiger partial charge in [-0.15, -0.1) is 0 Å². The van der Waals surface area contributed by atoms with Gasteiger partial charge in [0.2, 0.25) is 5.91 Å². The first-order chi connectivity index (χ1) is 14.8. The molecule has 1 fully saturated rings. The highest BCUT2D eigenvalue weighted by Gasteiger charge is 2.31. The molecule has 2 aromatic rings. The highest BCUT2D eigenvalue weighted by molar-refractivity contribution is 5.95. The molecule has 2 N–H and O–H groups in total. The molecular formula is C24H33N5O2. The summed E-state index contributed by atoms with van der Waals surface area (Å²) in [5.41, 5.74) is 2.02. The van der Waals surface area contributed by atoms with Gasteiger partial charge in [-0.3, -0.25) is 14.5 Å². The lowest BCUT2D eigenvalue weighted by Crippen LogP contribution is -2.50. The number of aryl methyl sites for hydroxylation is 1. The summed E-state index contributed by atoms with van der Waals surface area (Å²) in [4.78, 5) is 36.3. The zero-order valence-corrected chi connectivity index (χ0v) is 18.9. The van der Waals surface area contributed by atoms with Crippen molar-refractivity contribution in [2.75, 3.05) is 20.1 Å². The molecule has 2 amide bonds. The molecule has 1 aromatic heterocycles. The van der Waals surface area contributed by atoms with Crippen molar-refractivity contribution in [2.24, 2.45) is 0 Å². The van der Waals surface area contributed by atoms with Crippen molar-refractivity contribution in [1.82, 2.24) is 25.5 Å². The van der Waals surface area contributed by atoms with Crippen molar-refractivity contribution in [2.45, 2.75) is 58.0 Å². The van der Waals surface area contributed by atoms with Crippen LogP contribution in [0.2, 0.25) is 0 Å². The second kappa shape index (κ2) is 10.0. The largest absolute Gasteiger partial charge is 0.355 e. The van der Waals surface area contributed by atoms with E-state index in [2.05, 4.69) is 37.6 Å². The summed E-state index contributed by atoms with van der Waals surface area (Å²) >= 11 is 0. The van der Waals surface area contributed by atoms with Crippen molar-refractivity contribution in [3.63, 3.8) is 0 Å². The Kier molecular flexibility index (Phi) is 7.38. The van der Waals surface area contributed by atoms with Crippen LogP contribution in [-0.4, -0.2) is 52.4 Å². The molecule has 0 saturated carbocycles. The van der Waals surface area contributed by atoms with Gasteiger partial charge in [-0.1, -0.05) is 36.8 Å². The second-order valence-corrected chi connectivity index (χ2v) is 8.87. The average Bonchev–Trinajstić information content (AvgIpc) is 2.73. The lowest BCUT2D eigenvalue weighted by molar-refractivity contribution is -0.124. The quantitative estimate of drug-likeness (QED) is 0.715. The molecule has 3 rings (SSSR count). The number of nitrogens with one attached hydrogen (secondary N) is 2. The van der Waals surface area contributed by atoms with Crippen LogP contribution in [0, 0.1) is 6.92 Å². The van der Waals surface area contributed by atoms with Crippen molar-refractivity contribution in [3.8, 4) is 0 Å². The minimum atomic E-state index is -0.359. The van der Waals surface area contributed by atoms with E-state index in [0.717, 1.165) is 32.2 Å². The molecule has 7 nitrogen and oxygen atoms in total. The molecule has 166 valence electrons. The van der Waals surface area contributed by atoms with Gasteiger partial charge in [0.25, 0.3) is 5.91 Å². The first-order valence-corrected chi connectivity index (χ1v) is 10.9. The summed E-state index contributed by atoms with van der Waals surface area (Å²) in [5.74, 6) is 0.413. The van der Waals surface area contributed by atoms with Gasteiger partial charge < -0.3 is 10.6 Å². The Morgan fingerprint density at radius 1 is 1.19 bits per heavy atom. The van der Waals surface area contributed by atoms with Gasteiger partial charge in [0.1, 0.15) is 5.82 Å². The first kappa shape index (κ1) is 22.9. The van der Waals surface area contributed by atoms with Crippen LogP contribution in [0.1, 0.15) is 66.6 Å². The van der Waals surface area contributed by atoms with E-state index in [1.807, 2.05) is 39.0 Å². The van der Waals surface area contributed by atoms with E-state index in [-0.39, 0.29) is 29.9 Å². The molecule has 0 spiro atoms. The molecule has 1 atom stereocenters. The van der Waals surface area contributed by atoms with E-state index in [1.165, 1.54) is 5.56 Å². The molecular weight excluding hydrogens is 390 g/mol. The van der Waals surface area contributed by atoms with Crippen molar-refractivity contribution in [1.29, 1.82) is 0 Å². The van der Waals surface area contributed by atoms with Crippen LogP contribution in [0.3, 0.4) is 0 Å². The van der Waals surface area contributed by atoms with Crippen LogP contribution in [-0.2, 0) is 11.2 Å². The van der Waals surface area contributed by atoms with E-state index < -0.39 is 0 Å². The normalized spacial score (nSPS) is 17.2. The fraction of sp³-hybridized carbons (Fsp3) is 0.500. The Labute approximate surface area is 184 Å². The van der Waals surface area contributed by atoms with Gasteiger partial charge in [-0.25, -0.2) is 9.97 Å². The molecule has 0 bridgehead atoms. The third-order valence-corrected chi connectivity index (χ3v) is 5.65. The maximum Gasteiger partial charge on any atom is 0.254 e. The summed E-state index contributed by atoms with van der Waals surface area (Å²) in [6.07, 6.45) is 5.28. The van der Waals surface area contributed by atoms with Crippen LogP contribution >= 0.6 is 0 Å². The standard InChI is InChI=1S/C24H33N5O2/c1-17-26-15-19(23(31)25-4)22(27-17)20-12-8-9-13-29(20)16-21(30)28-24(2,3)14-18-10-6-5-7-11-18/h5-7,10-11,15,20H,8-9,12-14,16H2,1-4H3,(H,25,31)(H,28,30)/t20-/m0/s1. The van der Waals surface area contributed by atoms with E-state index in [0.29, 0.717) is 17.1 Å². The third kappa shape index (κ3) is 6.10. The fourth-order valence-corrected chi connectivity index (χ4v) is 4.29. The number of rotatable bonds is 7. The summed E-state index contributed by atoms with van der Waals surface area (Å²) in [5, 5.41) is 5.86. The number of hydrogen-bond donors (Lipinski definition) is 2. The van der Waals surface area contributed by atoms with Crippen LogP contribution < -0.4 is 10.6 Å². The number of aromatic nitrogens is 2. The van der Waals surface area contributed by atoms with Gasteiger partial charge in [0.15, 0.2) is 0 Å². The molecule has 1 saturated heterocycles. The Hall–Kier alpha value is -2.80. The summed E-state index contributed by atoms with van der Waals surface area (Å²) < 4.78 is 0. The summed E-state index contributed by atoms with van der Waals surface area (Å²) in [6.45, 7) is 6.99. The predicted octanol–water partition coefficient (Wildman–Crippen LogP) is 2.81. The Morgan fingerprint density at radius 2 is 1.94 bits per heavy atom. The average molecular weight is 424 g/mol. The number of carbonyl (C=O) groups is 2. The highest BCUT2D eigenvalue weighted by atomic mass is 16.2. The maximum absolute atomic E-state index is 13.0. The number of likely N-dealkylation sites (tertiary alicyclic amines) is 1. The van der Waals surface area contributed by atoms with Gasteiger partial charge in [0, 0.05) is 18.8 Å². The number of carbonyl (C=O) groups excluding carboxylic acids is 2. The molecule has 1 aromatic carbocycles. The number of benzene rings is 1. The van der Waals surface area contributed by atoms with Crippen molar-refractivity contribution in [3.05, 3.63) is 59.2 Å². The van der Waals surface area contributed by atoms with Crippen LogP contribution in [0.4, 0.5) is 0 Å². The van der Waals surface area contributed by atoms with E-state index in [9.17, 15) is 9.59 Å². The van der Waals surface area contributed by atoms with Crippen LogP contribution in [0.25, 0.3) is 0 Å². The Bertz CT molecular complexity index is 913. The van der Waals surface area contributed by atoms with Crippen molar-refractivity contribution >= 4 is 11.8 Å². The topological polar surface area (TPSA) is 87.2 Å². The minimum absolute atomic E-state index is 0.0138. The zero-order valence-electron chi connectivity index (χ0n) is 18.9. The SMILES string of the molecule is CNC(=O)c1cnc(C)nc1[C@@H]1CCCCN1CC(=O)NC(C)(C)Cc1ccccc1. The lowest BCUT2D eigenvalue weighted by atomic mass is 9.94. The maximum atomic E-state index is 13.0. The van der Waals surface area contributed by atoms with Crippen LogP contribution in [0.15, 0.2) is 36.5 Å². The molecule has 2 heterocycles. The van der Waals surface area contributed by atoms with Gasteiger partial charge in [-0.05, 0) is 52.1 Å². The second-order valence-electron chi connectivity index (χ2n) is 8.87. The zero-order chi connectivity index (χ0) is 22.4. The molecule has 0 radical (unpaired) electrons. The van der Waals surface area contributed by atoms with E-state index in [4.69, 9.17) is 0 Å². The Balaban J connectivity index is 1.73. The van der Waals surface area contributed by atoms with Gasteiger partial charge in [-0.2, -0.15) is 0 Å². The molecule has 31 heavy (non-hydrogen) atoms. The molecule has 0 aliphatic carbocycles. The number of nitrogens with zero attached hydrogens (tertiary/aromatic N) is 3. The fourth-order valence-electron chi connectivity index (χ4n) is 4.29. The molecule has 7 heteroatoms. The molecule has 1 aliphatic heterocycles. The highest BCUT2D eigenvalue weighted by Crippen LogP contribution is 2.31. The van der Waals surface area contributed by atoms with E-state index >= 15 is 0 Å². The third-order valence-electron chi connectivity index (χ3n) is 5.65.